The highest BCUT2D eigenvalue weighted by molar-refractivity contribution is 7.89. The highest BCUT2D eigenvalue weighted by Crippen LogP contribution is 2.25. The highest BCUT2D eigenvalue weighted by atomic mass is 32.2. The van der Waals surface area contributed by atoms with E-state index in [1.54, 1.807) is 27.7 Å². The number of hydrogen-bond acceptors (Lipinski definition) is 5. The second kappa shape index (κ2) is 6.50. The van der Waals surface area contributed by atoms with Gasteiger partial charge in [0.25, 0.3) is 5.69 Å². The maximum Gasteiger partial charge on any atom is 0.271 e. The fraction of sp³-hybridized carbons (Fsp3) is 0.538. The van der Waals surface area contributed by atoms with Gasteiger partial charge in [0.2, 0.25) is 10.0 Å². The average Bonchev–Trinajstić information content (AvgIpc) is 2.38. The topological polar surface area (TPSA) is 110 Å². The van der Waals surface area contributed by atoms with Gasteiger partial charge in [0, 0.05) is 18.2 Å². The predicted octanol–water partition coefficient (Wildman–Crippen LogP) is 1.51. The molecule has 1 aromatic rings. The summed E-state index contributed by atoms with van der Waals surface area (Å²) in [5.74, 6) is -0.107. The first kappa shape index (κ1) is 17.5. The number of aliphatic hydroxyl groups is 1. The van der Waals surface area contributed by atoms with Crippen molar-refractivity contribution in [3.63, 3.8) is 0 Å². The van der Waals surface area contributed by atoms with Crippen LogP contribution in [0.2, 0.25) is 0 Å². The molecule has 0 fully saturated rings. The Morgan fingerprint density at radius 2 is 1.90 bits per heavy atom. The third-order valence-corrected chi connectivity index (χ3v) is 5.03. The molecule has 0 saturated carbocycles. The Kier molecular flexibility index (Phi) is 5.43. The van der Waals surface area contributed by atoms with Crippen LogP contribution < -0.4 is 4.72 Å². The van der Waals surface area contributed by atoms with Crippen molar-refractivity contribution in [2.45, 2.75) is 38.6 Å². The Morgan fingerprint density at radius 1 is 1.33 bits per heavy atom. The number of sulfonamides is 1. The standard InChI is InChI=1S/C13H20N2O5S/c1-8(2)12(7-16)14-21(19,20)13-6-11(15(17)18)5-9(3)10(13)4/h5-6,8,12,14,16H,7H2,1-4H3/t12-/m1/s1. The molecular formula is C13H20N2O5S. The molecule has 0 radical (unpaired) electrons. The van der Waals surface area contributed by atoms with E-state index < -0.39 is 21.0 Å². The van der Waals surface area contributed by atoms with Crippen molar-refractivity contribution in [3.8, 4) is 0 Å². The number of nitro groups is 1. The molecule has 7 nitrogen and oxygen atoms in total. The number of nitrogens with one attached hydrogen (secondary N) is 1. The minimum absolute atomic E-state index is 0.107. The maximum absolute atomic E-state index is 12.4. The van der Waals surface area contributed by atoms with Crippen molar-refractivity contribution in [3.05, 3.63) is 33.4 Å². The van der Waals surface area contributed by atoms with Crippen molar-refractivity contribution in [2.24, 2.45) is 5.92 Å². The Balaban J connectivity index is 3.34. The van der Waals surface area contributed by atoms with Crippen LogP contribution >= 0.6 is 0 Å². The van der Waals surface area contributed by atoms with E-state index in [2.05, 4.69) is 4.72 Å². The van der Waals surface area contributed by atoms with E-state index in [0.717, 1.165) is 6.07 Å². The van der Waals surface area contributed by atoms with Crippen molar-refractivity contribution >= 4 is 15.7 Å². The molecule has 0 heterocycles. The van der Waals surface area contributed by atoms with Crippen molar-refractivity contribution in [2.75, 3.05) is 6.61 Å². The van der Waals surface area contributed by atoms with Crippen molar-refractivity contribution < 1.29 is 18.4 Å². The van der Waals surface area contributed by atoms with Crippen molar-refractivity contribution in [1.82, 2.24) is 4.72 Å². The van der Waals surface area contributed by atoms with E-state index in [9.17, 15) is 23.6 Å². The van der Waals surface area contributed by atoms with Crippen LogP contribution in [0.3, 0.4) is 0 Å². The number of nitro benzene ring substituents is 1. The van der Waals surface area contributed by atoms with E-state index in [1.807, 2.05) is 0 Å². The van der Waals surface area contributed by atoms with Crippen LogP contribution in [0.25, 0.3) is 0 Å². The summed E-state index contributed by atoms with van der Waals surface area (Å²) in [4.78, 5) is 10.1. The third-order valence-electron chi connectivity index (χ3n) is 3.41. The van der Waals surface area contributed by atoms with Gasteiger partial charge in [-0.3, -0.25) is 10.1 Å². The lowest BCUT2D eigenvalue weighted by molar-refractivity contribution is -0.385. The van der Waals surface area contributed by atoms with Gasteiger partial charge < -0.3 is 5.11 Å². The number of nitrogens with zero attached hydrogens (tertiary/aromatic N) is 1. The van der Waals surface area contributed by atoms with Crippen molar-refractivity contribution in [1.29, 1.82) is 0 Å². The Bertz CT molecular complexity index is 640. The molecule has 0 aliphatic heterocycles. The number of hydrogen-bond donors (Lipinski definition) is 2. The molecule has 0 spiro atoms. The number of non-ortho nitro benzene ring substituents is 1. The predicted molar refractivity (Wildman–Crippen MR) is 78.6 cm³/mol. The summed E-state index contributed by atoms with van der Waals surface area (Å²) in [6.45, 7) is 6.41. The minimum atomic E-state index is -3.94. The van der Waals surface area contributed by atoms with Gasteiger partial charge in [-0.25, -0.2) is 13.1 Å². The number of benzene rings is 1. The lowest BCUT2D eigenvalue weighted by Crippen LogP contribution is -2.41. The molecule has 8 heteroatoms. The summed E-state index contributed by atoms with van der Waals surface area (Å²) in [6.07, 6.45) is 0. The zero-order valence-electron chi connectivity index (χ0n) is 12.5. The molecule has 0 saturated heterocycles. The van der Waals surface area contributed by atoms with Gasteiger partial charge >= 0.3 is 0 Å². The number of aryl methyl sites for hydroxylation is 1. The SMILES string of the molecule is Cc1cc([N+](=O)[O-])cc(S(=O)(=O)N[C@H](CO)C(C)C)c1C. The zero-order chi connectivity index (χ0) is 16.4. The maximum atomic E-state index is 12.4. The summed E-state index contributed by atoms with van der Waals surface area (Å²) in [6, 6.07) is 1.73. The number of rotatable bonds is 6. The molecule has 0 aromatic heterocycles. The third kappa shape index (κ3) is 3.99. The van der Waals surface area contributed by atoms with Gasteiger partial charge in [-0.1, -0.05) is 13.8 Å². The summed E-state index contributed by atoms with van der Waals surface area (Å²) < 4.78 is 27.2. The zero-order valence-corrected chi connectivity index (χ0v) is 13.3. The second-order valence-corrected chi connectivity index (χ2v) is 6.98. The van der Waals surface area contributed by atoms with Crippen LogP contribution in [0.1, 0.15) is 25.0 Å². The quantitative estimate of drug-likeness (QED) is 0.610. The largest absolute Gasteiger partial charge is 0.395 e. The first-order valence-electron chi connectivity index (χ1n) is 6.49. The highest BCUT2D eigenvalue weighted by Gasteiger charge is 2.26. The molecule has 0 aliphatic rings. The summed E-state index contributed by atoms with van der Waals surface area (Å²) in [7, 11) is -3.94. The Labute approximate surface area is 124 Å². The average molecular weight is 316 g/mol. The molecule has 1 atom stereocenters. The van der Waals surface area contributed by atoms with E-state index in [1.165, 1.54) is 6.07 Å². The summed E-state index contributed by atoms with van der Waals surface area (Å²) >= 11 is 0. The fourth-order valence-electron chi connectivity index (χ4n) is 1.84. The molecule has 21 heavy (non-hydrogen) atoms. The molecular weight excluding hydrogens is 296 g/mol. The van der Waals surface area contributed by atoms with E-state index in [4.69, 9.17) is 0 Å². The summed E-state index contributed by atoms with van der Waals surface area (Å²) in [5, 5.41) is 20.1. The monoisotopic (exact) mass is 316 g/mol. The van der Waals surface area contributed by atoms with Gasteiger partial charge in [-0.05, 0) is 30.9 Å². The fourth-order valence-corrected chi connectivity index (χ4v) is 3.55. The minimum Gasteiger partial charge on any atom is -0.395 e. The lowest BCUT2D eigenvalue weighted by Gasteiger charge is -2.20. The van der Waals surface area contributed by atoms with E-state index in [-0.39, 0.29) is 23.1 Å². The van der Waals surface area contributed by atoms with Gasteiger partial charge in [0.05, 0.1) is 16.4 Å². The van der Waals surface area contributed by atoms with Crippen LogP contribution in [-0.4, -0.2) is 31.1 Å². The normalized spacial score (nSPS) is 13.4. The molecule has 1 aromatic carbocycles. The van der Waals surface area contributed by atoms with E-state index >= 15 is 0 Å². The molecule has 0 aliphatic carbocycles. The van der Waals surface area contributed by atoms with E-state index in [0.29, 0.717) is 11.1 Å². The summed E-state index contributed by atoms with van der Waals surface area (Å²) in [5.41, 5.74) is 0.701. The first-order chi connectivity index (χ1) is 9.60. The Hall–Kier alpha value is -1.51. The number of aliphatic hydroxyl groups excluding tert-OH is 1. The molecule has 2 N–H and O–H groups in total. The first-order valence-corrected chi connectivity index (χ1v) is 7.97. The van der Waals surface area contributed by atoms with Crippen LogP contribution in [0.15, 0.2) is 17.0 Å². The van der Waals surface area contributed by atoms with Crippen LogP contribution in [-0.2, 0) is 10.0 Å². The van der Waals surface area contributed by atoms with Gasteiger partial charge in [-0.2, -0.15) is 0 Å². The van der Waals surface area contributed by atoms with Gasteiger partial charge in [0.1, 0.15) is 0 Å². The smallest absolute Gasteiger partial charge is 0.271 e. The Morgan fingerprint density at radius 3 is 2.33 bits per heavy atom. The molecule has 0 unspecified atom stereocenters. The molecule has 0 amide bonds. The van der Waals surface area contributed by atoms with Crippen LogP contribution in [0.4, 0.5) is 5.69 Å². The second-order valence-electron chi connectivity index (χ2n) is 5.30. The van der Waals surface area contributed by atoms with Gasteiger partial charge in [-0.15, -0.1) is 0 Å². The molecule has 118 valence electrons. The van der Waals surface area contributed by atoms with Crippen LogP contribution in [0.5, 0.6) is 0 Å². The lowest BCUT2D eigenvalue weighted by atomic mass is 10.1. The molecule has 1 rings (SSSR count). The van der Waals surface area contributed by atoms with Crippen LogP contribution in [0, 0.1) is 29.9 Å². The molecule has 0 bridgehead atoms. The van der Waals surface area contributed by atoms with Gasteiger partial charge in [0.15, 0.2) is 0 Å².